The number of benzene rings is 6. The number of hydrogen-bond acceptors (Lipinski definition) is 6. The molecule has 0 amide bonds. The summed E-state index contributed by atoms with van der Waals surface area (Å²) >= 11 is 0. The summed E-state index contributed by atoms with van der Waals surface area (Å²) < 4.78 is 5.06. The van der Waals surface area contributed by atoms with Gasteiger partial charge in [0.05, 0.1) is 68.1 Å². The number of aromatic nitrogens is 7. The third kappa shape index (κ3) is 5.43. The van der Waals surface area contributed by atoms with E-state index in [2.05, 4.69) is 150 Å². The zero-order valence-electron chi connectivity index (χ0n) is 39.8. The minimum absolute atomic E-state index is 0.802. The van der Waals surface area contributed by atoms with Crippen LogP contribution in [0.4, 0.5) is 5.69 Å². The predicted molar refractivity (Wildman–Crippen MR) is 295 cm³/mol. The number of fused-ring (bicyclic) bond motifs is 14. The molecule has 0 bridgehead atoms. The Hall–Kier alpha value is -9.01. The van der Waals surface area contributed by atoms with Gasteiger partial charge in [0.15, 0.2) is 0 Å². The van der Waals surface area contributed by atoms with E-state index in [1.54, 1.807) is 0 Å². The molecule has 2 aliphatic carbocycles. The van der Waals surface area contributed by atoms with Crippen LogP contribution >= 0.6 is 0 Å². The lowest BCUT2D eigenvalue weighted by molar-refractivity contribution is 0.882. The monoisotopic (exact) mass is 924 g/mol. The number of hydrogen-bond donors (Lipinski definition) is 1. The van der Waals surface area contributed by atoms with Crippen LogP contribution in [0.5, 0.6) is 0 Å². The Kier molecular flexibility index (Phi) is 8.16. The van der Waals surface area contributed by atoms with Crippen molar-refractivity contribution in [2.75, 3.05) is 11.9 Å². The summed E-state index contributed by atoms with van der Waals surface area (Å²) in [7, 11) is 0. The van der Waals surface area contributed by atoms with Crippen LogP contribution in [0.1, 0.15) is 38.9 Å². The second-order valence-electron chi connectivity index (χ2n) is 20.0. The van der Waals surface area contributed by atoms with Gasteiger partial charge in [-0.2, -0.15) is 0 Å². The van der Waals surface area contributed by atoms with Gasteiger partial charge in [-0.25, -0.2) is 0 Å². The molecule has 340 valence electrons. The SMILES string of the molecule is Cc1ccncc1-n1c2ccc(-c3cc4c(c5ncccc35)NCC=C4)cc2c2cc3c4c(c21)CCc1cc2c5cc(-c6cc7cccnc7c7ncccc67)ccc5n(-c5cnccc5C)c2c(c1-4)CC3. The minimum atomic E-state index is 0.802. The second-order valence-corrected chi connectivity index (χ2v) is 20.0. The molecule has 0 saturated carbocycles. The first kappa shape index (κ1) is 39.8. The molecular formula is C64H44N8. The van der Waals surface area contributed by atoms with Crippen LogP contribution < -0.4 is 5.32 Å². The van der Waals surface area contributed by atoms with Gasteiger partial charge in [-0.05, 0) is 185 Å². The zero-order chi connectivity index (χ0) is 47.3. The van der Waals surface area contributed by atoms with E-state index < -0.39 is 0 Å². The highest BCUT2D eigenvalue weighted by Gasteiger charge is 2.34. The third-order valence-corrected chi connectivity index (χ3v) is 16.2. The summed E-state index contributed by atoms with van der Waals surface area (Å²) in [4.78, 5) is 24.0. The fourth-order valence-electron chi connectivity index (χ4n) is 13.1. The van der Waals surface area contributed by atoms with Gasteiger partial charge in [-0.1, -0.05) is 42.5 Å². The summed E-state index contributed by atoms with van der Waals surface area (Å²) in [6.07, 6.45) is 21.8. The maximum absolute atomic E-state index is 4.92. The van der Waals surface area contributed by atoms with Crippen LogP contribution in [0.25, 0.3) is 127 Å². The average molecular weight is 925 g/mol. The van der Waals surface area contributed by atoms with Gasteiger partial charge < -0.3 is 14.5 Å². The number of anilines is 1. The smallest absolute Gasteiger partial charge is 0.0970 e. The molecule has 0 atom stereocenters. The van der Waals surface area contributed by atoms with Crippen LogP contribution in [0, 0.1) is 13.8 Å². The minimum Gasteiger partial charge on any atom is -0.379 e. The van der Waals surface area contributed by atoms with Gasteiger partial charge >= 0.3 is 0 Å². The predicted octanol–water partition coefficient (Wildman–Crippen LogP) is 14.6. The van der Waals surface area contributed by atoms with Crippen LogP contribution in [-0.4, -0.2) is 40.6 Å². The number of nitrogens with one attached hydrogen (secondary N) is 1. The van der Waals surface area contributed by atoms with Crippen LogP contribution in [0.2, 0.25) is 0 Å². The number of aryl methyl sites for hydroxylation is 6. The van der Waals surface area contributed by atoms with Crippen molar-refractivity contribution >= 4 is 88.1 Å². The molecule has 0 saturated heterocycles. The van der Waals surface area contributed by atoms with E-state index in [-0.39, 0.29) is 0 Å². The molecule has 7 aromatic heterocycles. The first-order valence-corrected chi connectivity index (χ1v) is 25.1. The molecule has 72 heavy (non-hydrogen) atoms. The average Bonchev–Trinajstić information content (AvgIpc) is 3.94. The molecule has 3 aliphatic rings. The van der Waals surface area contributed by atoms with Gasteiger partial charge in [-0.3, -0.25) is 24.9 Å². The first-order valence-electron chi connectivity index (χ1n) is 25.1. The molecule has 8 heterocycles. The molecule has 1 N–H and O–H groups in total. The summed E-state index contributed by atoms with van der Waals surface area (Å²) in [5, 5.41) is 12.1. The molecular weight excluding hydrogens is 881 g/mol. The number of rotatable bonds is 4. The van der Waals surface area contributed by atoms with E-state index >= 15 is 0 Å². The number of pyridine rings is 5. The first-order chi connectivity index (χ1) is 35.6. The topological polar surface area (TPSA) is 86.3 Å². The second kappa shape index (κ2) is 14.8. The summed E-state index contributed by atoms with van der Waals surface area (Å²) in [5.74, 6) is 0. The molecule has 6 aromatic carbocycles. The van der Waals surface area contributed by atoms with E-state index in [0.29, 0.717) is 0 Å². The Balaban J connectivity index is 0.966. The summed E-state index contributed by atoms with van der Waals surface area (Å²) in [6, 6.07) is 40.8. The van der Waals surface area contributed by atoms with Crippen molar-refractivity contribution in [2.45, 2.75) is 39.5 Å². The Labute approximate surface area is 414 Å². The highest BCUT2D eigenvalue weighted by molar-refractivity contribution is 6.18. The lowest BCUT2D eigenvalue weighted by Crippen LogP contribution is -2.16. The van der Waals surface area contributed by atoms with E-state index in [1.165, 1.54) is 110 Å². The Morgan fingerprint density at radius 3 is 1.65 bits per heavy atom. The van der Waals surface area contributed by atoms with Crippen molar-refractivity contribution in [2.24, 2.45) is 0 Å². The molecule has 1 aliphatic heterocycles. The van der Waals surface area contributed by atoms with Crippen molar-refractivity contribution in [3.63, 3.8) is 0 Å². The van der Waals surface area contributed by atoms with Crippen molar-refractivity contribution < 1.29 is 0 Å². The Morgan fingerprint density at radius 2 is 1.04 bits per heavy atom. The van der Waals surface area contributed by atoms with Gasteiger partial charge in [0, 0.05) is 80.8 Å². The lowest BCUT2D eigenvalue weighted by atomic mass is 9.74. The van der Waals surface area contributed by atoms with Gasteiger partial charge in [0.25, 0.3) is 0 Å². The highest BCUT2D eigenvalue weighted by atomic mass is 15.0. The number of nitrogens with zero attached hydrogens (tertiary/aromatic N) is 7. The molecule has 0 fully saturated rings. The van der Waals surface area contributed by atoms with Gasteiger partial charge in [0.2, 0.25) is 0 Å². The van der Waals surface area contributed by atoms with Crippen LogP contribution in [0.3, 0.4) is 0 Å². The molecule has 13 aromatic rings. The van der Waals surface area contributed by atoms with E-state index in [9.17, 15) is 0 Å². The third-order valence-electron chi connectivity index (χ3n) is 16.2. The van der Waals surface area contributed by atoms with E-state index in [0.717, 1.165) is 87.6 Å². The molecule has 8 heteroatoms. The van der Waals surface area contributed by atoms with Crippen molar-refractivity contribution in [1.29, 1.82) is 0 Å². The van der Waals surface area contributed by atoms with Crippen molar-refractivity contribution in [3.8, 4) is 44.8 Å². The maximum Gasteiger partial charge on any atom is 0.0970 e. The van der Waals surface area contributed by atoms with Gasteiger partial charge in [0.1, 0.15) is 0 Å². The summed E-state index contributed by atoms with van der Waals surface area (Å²) in [5.41, 5.74) is 28.0. The highest BCUT2D eigenvalue weighted by Crippen LogP contribution is 2.52. The maximum atomic E-state index is 4.92. The van der Waals surface area contributed by atoms with Crippen LogP contribution in [-0.2, 0) is 25.7 Å². The fourth-order valence-corrected chi connectivity index (χ4v) is 13.1. The molecule has 0 spiro atoms. The van der Waals surface area contributed by atoms with Gasteiger partial charge in [-0.15, -0.1) is 0 Å². The lowest BCUT2D eigenvalue weighted by Gasteiger charge is -2.31. The van der Waals surface area contributed by atoms with E-state index in [4.69, 9.17) is 24.9 Å². The van der Waals surface area contributed by atoms with E-state index in [1.807, 2.05) is 43.1 Å². The van der Waals surface area contributed by atoms with Crippen LogP contribution in [0.15, 0.2) is 159 Å². The fraction of sp³-hybridized carbons (Fsp3) is 0.109. The largest absolute Gasteiger partial charge is 0.379 e. The molecule has 0 radical (unpaired) electrons. The normalized spacial score (nSPS) is 13.8. The standard InChI is InChI=1S/C64H44N8/c1-35-19-25-65-33-55(35)71-53-17-13-37(47-31-41-7-3-21-67-59(41)61-43(47)9-5-23-69-61)27-49(53)51-29-39-12-16-46-58-40(11-15-45(57(39)58)63(51)71)30-52-50-28-38(14-18-54(50)72(64(46)52)56-34-66-26-20-36(56)2)48-32-42-8-4-22-68-60(42)62-44(48)10-6-24-70-62/h3-10,13-14,17-21,23-34,68H,11-12,15-16,22H2,1-2H3. The quantitative estimate of drug-likeness (QED) is 0.177. The molecule has 0 unspecified atom stereocenters. The molecule has 16 rings (SSSR count). The molecule has 8 nitrogen and oxygen atoms in total. The Morgan fingerprint density at radius 1 is 0.486 bits per heavy atom. The van der Waals surface area contributed by atoms with Crippen molar-refractivity contribution in [3.05, 3.63) is 198 Å². The van der Waals surface area contributed by atoms with Crippen molar-refractivity contribution in [1.82, 2.24) is 34.1 Å². The summed E-state index contributed by atoms with van der Waals surface area (Å²) in [6.45, 7) is 5.23. The zero-order valence-corrected chi connectivity index (χ0v) is 39.8. The Bertz CT molecular complexity index is 4610.